The predicted octanol–water partition coefficient (Wildman–Crippen LogP) is 2.38. The summed E-state index contributed by atoms with van der Waals surface area (Å²) in [7, 11) is -3.09. The van der Waals surface area contributed by atoms with E-state index in [0.717, 1.165) is 12.8 Å². The highest BCUT2D eigenvalue weighted by Crippen LogP contribution is 2.17. The normalized spacial score (nSPS) is 18.0. The Morgan fingerprint density at radius 2 is 2.05 bits per heavy atom. The molecule has 1 fully saturated rings. The summed E-state index contributed by atoms with van der Waals surface area (Å²) < 4.78 is 38.7. The van der Waals surface area contributed by atoms with Gasteiger partial charge in [0.25, 0.3) is 0 Å². The summed E-state index contributed by atoms with van der Waals surface area (Å²) in [5, 5.41) is 3.67. The zero-order valence-electron chi connectivity index (χ0n) is 12.0. The molecular weight excluding hydrogens is 315 g/mol. The summed E-state index contributed by atoms with van der Waals surface area (Å²) in [4.78, 5) is 0. The van der Waals surface area contributed by atoms with Crippen LogP contribution in [0.3, 0.4) is 0 Å². The van der Waals surface area contributed by atoms with Crippen LogP contribution in [0.15, 0.2) is 18.2 Å². The smallest absolute Gasteiger partial charge is 0.213 e. The van der Waals surface area contributed by atoms with Gasteiger partial charge in [-0.3, -0.25) is 0 Å². The largest absolute Gasteiger partial charge is 0.310 e. The summed E-state index contributed by atoms with van der Waals surface area (Å²) in [6.45, 7) is 3.13. The molecule has 21 heavy (non-hydrogen) atoms. The van der Waals surface area contributed by atoms with Crippen LogP contribution in [0.5, 0.6) is 0 Å². The highest BCUT2D eigenvalue weighted by Gasteiger charge is 2.26. The molecule has 0 aromatic heterocycles. The van der Waals surface area contributed by atoms with Gasteiger partial charge < -0.3 is 5.32 Å². The molecule has 1 aromatic rings. The van der Waals surface area contributed by atoms with E-state index < -0.39 is 10.0 Å². The van der Waals surface area contributed by atoms with E-state index in [1.165, 1.54) is 10.4 Å². The van der Waals surface area contributed by atoms with Crippen molar-refractivity contribution >= 4 is 21.6 Å². The Morgan fingerprint density at radius 1 is 1.38 bits per heavy atom. The fourth-order valence-corrected chi connectivity index (χ4v) is 3.73. The Kier molecular flexibility index (Phi) is 5.60. The molecule has 118 valence electrons. The van der Waals surface area contributed by atoms with Crippen molar-refractivity contribution in [3.63, 3.8) is 0 Å². The van der Waals surface area contributed by atoms with Crippen LogP contribution in [0.2, 0.25) is 5.02 Å². The van der Waals surface area contributed by atoms with E-state index in [4.69, 9.17) is 11.6 Å². The zero-order valence-corrected chi connectivity index (χ0v) is 13.6. The van der Waals surface area contributed by atoms with Gasteiger partial charge in [0.1, 0.15) is 5.82 Å². The number of rotatable bonds is 5. The summed E-state index contributed by atoms with van der Waals surface area (Å²) >= 11 is 5.72. The van der Waals surface area contributed by atoms with Gasteiger partial charge in [-0.1, -0.05) is 17.7 Å². The van der Waals surface area contributed by atoms with Crippen LogP contribution in [-0.2, 0) is 16.6 Å². The Balaban J connectivity index is 1.84. The van der Waals surface area contributed by atoms with E-state index in [2.05, 4.69) is 5.32 Å². The maximum absolute atomic E-state index is 13.7. The van der Waals surface area contributed by atoms with Crippen LogP contribution in [0.4, 0.5) is 4.39 Å². The zero-order chi connectivity index (χ0) is 15.5. The lowest BCUT2D eigenvalue weighted by Gasteiger charge is -2.31. The number of piperidine rings is 1. The molecule has 1 N–H and O–H groups in total. The number of sulfonamides is 1. The molecule has 4 nitrogen and oxygen atoms in total. The molecule has 7 heteroatoms. The molecule has 1 aliphatic heterocycles. The van der Waals surface area contributed by atoms with Gasteiger partial charge in [0.15, 0.2) is 0 Å². The summed E-state index contributed by atoms with van der Waals surface area (Å²) in [6.07, 6.45) is 1.49. The van der Waals surface area contributed by atoms with Crippen molar-refractivity contribution in [3.05, 3.63) is 34.6 Å². The number of hydrogen-bond acceptors (Lipinski definition) is 3. The molecule has 1 heterocycles. The Labute approximate surface area is 130 Å². The first-order valence-electron chi connectivity index (χ1n) is 7.07. The number of hydrogen-bond donors (Lipinski definition) is 1. The number of benzene rings is 1. The lowest BCUT2D eigenvalue weighted by atomic mass is 10.1. The molecule has 0 atom stereocenters. The number of nitrogens with zero attached hydrogens (tertiary/aromatic N) is 1. The molecule has 0 spiro atoms. The van der Waals surface area contributed by atoms with Crippen LogP contribution >= 0.6 is 11.6 Å². The van der Waals surface area contributed by atoms with E-state index in [1.54, 1.807) is 19.1 Å². The van der Waals surface area contributed by atoms with Gasteiger partial charge in [0, 0.05) is 36.3 Å². The van der Waals surface area contributed by atoms with Crippen molar-refractivity contribution in [2.24, 2.45) is 0 Å². The average Bonchev–Trinajstić information content (AvgIpc) is 2.47. The second-order valence-corrected chi connectivity index (χ2v) is 7.88. The van der Waals surface area contributed by atoms with E-state index in [1.807, 2.05) is 0 Å². The third-order valence-corrected chi connectivity index (χ3v) is 5.93. The first kappa shape index (κ1) is 16.7. The fourth-order valence-electron chi connectivity index (χ4n) is 2.44. The number of halogens is 2. The van der Waals surface area contributed by atoms with Gasteiger partial charge in [-0.05, 0) is 31.9 Å². The summed E-state index contributed by atoms with van der Waals surface area (Å²) in [5.74, 6) is -0.179. The molecule has 0 saturated carbocycles. The molecule has 0 aliphatic carbocycles. The van der Waals surface area contributed by atoms with Crippen molar-refractivity contribution in [2.75, 3.05) is 18.8 Å². The third-order valence-electron chi connectivity index (χ3n) is 3.81. The monoisotopic (exact) mass is 334 g/mol. The molecule has 1 aromatic carbocycles. The quantitative estimate of drug-likeness (QED) is 0.899. The molecule has 0 unspecified atom stereocenters. The molecule has 1 saturated heterocycles. The lowest BCUT2D eigenvalue weighted by Crippen LogP contribution is -2.45. The Hall–Kier alpha value is -0.690. The number of nitrogens with one attached hydrogen (secondary N) is 1. The first-order valence-corrected chi connectivity index (χ1v) is 9.06. The second-order valence-electron chi connectivity index (χ2n) is 5.19. The molecule has 2 rings (SSSR count). The van der Waals surface area contributed by atoms with Crippen molar-refractivity contribution in [1.29, 1.82) is 0 Å². The molecule has 1 aliphatic rings. The van der Waals surface area contributed by atoms with Crippen molar-refractivity contribution in [2.45, 2.75) is 32.4 Å². The maximum Gasteiger partial charge on any atom is 0.213 e. The molecule has 0 amide bonds. The van der Waals surface area contributed by atoms with Crippen molar-refractivity contribution < 1.29 is 12.8 Å². The molecule has 0 bridgehead atoms. The second kappa shape index (κ2) is 7.05. The minimum absolute atomic E-state index is 0.140. The molecule has 0 radical (unpaired) electrons. The fraction of sp³-hybridized carbons (Fsp3) is 0.571. The van der Waals surface area contributed by atoms with E-state index in [-0.39, 0.29) is 17.6 Å². The van der Waals surface area contributed by atoms with E-state index in [0.29, 0.717) is 30.2 Å². The highest BCUT2D eigenvalue weighted by atomic mass is 35.5. The average molecular weight is 335 g/mol. The SMILES string of the molecule is CCS(=O)(=O)N1CCC(NCc2ccc(Cl)cc2F)CC1. The third kappa shape index (κ3) is 4.39. The van der Waals surface area contributed by atoms with Crippen LogP contribution < -0.4 is 5.32 Å². The van der Waals surface area contributed by atoms with Gasteiger partial charge in [-0.15, -0.1) is 0 Å². The summed E-state index contributed by atoms with van der Waals surface area (Å²) in [6, 6.07) is 4.84. The van der Waals surface area contributed by atoms with Crippen LogP contribution in [0.25, 0.3) is 0 Å². The van der Waals surface area contributed by atoms with Gasteiger partial charge in [-0.2, -0.15) is 0 Å². The maximum atomic E-state index is 13.7. The highest BCUT2D eigenvalue weighted by molar-refractivity contribution is 7.89. The van der Waals surface area contributed by atoms with Crippen LogP contribution in [-0.4, -0.2) is 37.6 Å². The standard InChI is InChI=1S/C14H20ClFN2O2S/c1-2-21(19,20)18-7-5-13(6-8-18)17-10-11-3-4-12(15)9-14(11)16/h3-4,9,13,17H,2,5-8,10H2,1H3. The van der Waals surface area contributed by atoms with Crippen molar-refractivity contribution in [1.82, 2.24) is 9.62 Å². The Morgan fingerprint density at radius 3 is 2.62 bits per heavy atom. The van der Waals surface area contributed by atoms with E-state index in [9.17, 15) is 12.8 Å². The van der Waals surface area contributed by atoms with Gasteiger partial charge in [-0.25, -0.2) is 17.1 Å². The Bertz CT molecular complexity index is 587. The van der Waals surface area contributed by atoms with E-state index >= 15 is 0 Å². The molecular formula is C14H20ClFN2O2S. The van der Waals surface area contributed by atoms with Crippen LogP contribution in [0, 0.1) is 5.82 Å². The first-order chi connectivity index (χ1) is 9.92. The van der Waals surface area contributed by atoms with Gasteiger partial charge >= 0.3 is 0 Å². The minimum Gasteiger partial charge on any atom is -0.310 e. The predicted molar refractivity (Wildman–Crippen MR) is 82.3 cm³/mol. The van der Waals surface area contributed by atoms with Gasteiger partial charge in [0.2, 0.25) is 10.0 Å². The minimum atomic E-state index is -3.09. The lowest BCUT2D eigenvalue weighted by molar-refractivity contribution is 0.288. The summed E-state index contributed by atoms with van der Waals surface area (Å²) in [5.41, 5.74) is 0.572. The van der Waals surface area contributed by atoms with Gasteiger partial charge in [0.05, 0.1) is 5.75 Å². The van der Waals surface area contributed by atoms with Crippen molar-refractivity contribution in [3.8, 4) is 0 Å². The topological polar surface area (TPSA) is 49.4 Å². The van der Waals surface area contributed by atoms with Crippen LogP contribution in [0.1, 0.15) is 25.3 Å².